The highest BCUT2D eigenvalue weighted by Crippen LogP contribution is 2.22. The minimum atomic E-state index is -0.608. The molecule has 0 radical (unpaired) electrons. The first-order chi connectivity index (χ1) is 9.53. The first-order valence-corrected chi connectivity index (χ1v) is 6.52. The molecule has 1 rings (SSSR count). The molecule has 0 aliphatic heterocycles. The molecule has 0 aliphatic carbocycles. The molecule has 1 aromatic rings. The zero-order valence-electron chi connectivity index (χ0n) is 12.4. The molecule has 1 aromatic carbocycles. The van der Waals surface area contributed by atoms with E-state index in [1.165, 1.54) is 14.2 Å². The summed E-state index contributed by atoms with van der Waals surface area (Å²) >= 11 is 0. The fourth-order valence-electron chi connectivity index (χ4n) is 1.96. The van der Waals surface area contributed by atoms with E-state index in [9.17, 15) is 9.59 Å². The Morgan fingerprint density at radius 3 is 2.55 bits per heavy atom. The molecule has 5 heteroatoms. The van der Waals surface area contributed by atoms with Crippen molar-refractivity contribution in [3.05, 3.63) is 29.3 Å². The van der Waals surface area contributed by atoms with Crippen LogP contribution in [0.15, 0.2) is 18.2 Å². The van der Waals surface area contributed by atoms with Gasteiger partial charge in [0, 0.05) is 0 Å². The molecule has 1 unspecified atom stereocenters. The van der Waals surface area contributed by atoms with Crippen LogP contribution in [0.1, 0.15) is 29.3 Å². The van der Waals surface area contributed by atoms with E-state index in [2.05, 4.69) is 10.1 Å². The Morgan fingerprint density at radius 2 is 2.00 bits per heavy atom. The summed E-state index contributed by atoms with van der Waals surface area (Å²) in [4.78, 5) is 24.0. The fraction of sp³-hybridized carbons (Fsp3) is 0.467. The molecule has 0 amide bonds. The number of ether oxygens (including phenoxy) is 2. The van der Waals surface area contributed by atoms with Crippen LogP contribution >= 0.6 is 0 Å². The van der Waals surface area contributed by atoms with Gasteiger partial charge in [-0.25, -0.2) is 0 Å². The van der Waals surface area contributed by atoms with E-state index >= 15 is 0 Å². The minimum Gasteiger partial charge on any atom is -0.496 e. The maximum absolute atomic E-state index is 12.6. The van der Waals surface area contributed by atoms with Gasteiger partial charge in [0.15, 0.2) is 5.78 Å². The molecule has 0 spiro atoms. The normalized spacial score (nSPS) is 11.8. The van der Waals surface area contributed by atoms with E-state index in [0.29, 0.717) is 17.9 Å². The van der Waals surface area contributed by atoms with E-state index < -0.39 is 12.0 Å². The SMILES string of the molecule is CCNC(CC(=O)OC)C(=O)c1cc(C)ccc1OC. The lowest BCUT2D eigenvalue weighted by molar-refractivity contribution is -0.140. The van der Waals surface area contributed by atoms with Gasteiger partial charge in [0.05, 0.1) is 32.2 Å². The number of Topliss-reactive ketones (excluding diaryl/α,β-unsaturated/α-hetero) is 1. The van der Waals surface area contributed by atoms with Gasteiger partial charge in [0.1, 0.15) is 5.75 Å². The molecule has 1 N–H and O–H groups in total. The van der Waals surface area contributed by atoms with Gasteiger partial charge in [-0.05, 0) is 25.6 Å². The van der Waals surface area contributed by atoms with E-state index in [-0.39, 0.29) is 12.2 Å². The summed E-state index contributed by atoms with van der Waals surface area (Å²) in [6, 6.07) is 4.79. The molecule has 20 heavy (non-hydrogen) atoms. The van der Waals surface area contributed by atoms with Gasteiger partial charge in [-0.1, -0.05) is 18.6 Å². The molecule has 110 valence electrons. The first kappa shape index (κ1) is 16.2. The largest absolute Gasteiger partial charge is 0.496 e. The number of carbonyl (C=O) groups is 2. The summed E-state index contributed by atoms with van der Waals surface area (Å²) in [5, 5.41) is 3.01. The van der Waals surface area contributed by atoms with E-state index in [4.69, 9.17) is 4.74 Å². The molecule has 0 aromatic heterocycles. The molecule has 0 saturated carbocycles. The lowest BCUT2D eigenvalue weighted by Crippen LogP contribution is -2.39. The molecule has 0 aliphatic rings. The van der Waals surface area contributed by atoms with Crippen molar-refractivity contribution in [2.75, 3.05) is 20.8 Å². The van der Waals surface area contributed by atoms with Crippen molar-refractivity contribution < 1.29 is 19.1 Å². The van der Waals surface area contributed by atoms with Crippen molar-refractivity contribution in [2.24, 2.45) is 0 Å². The number of methoxy groups -OCH3 is 2. The molecular weight excluding hydrogens is 258 g/mol. The van der Waals surface area contributed by atoms with Crippen molar-refractivity contribution in [3.63, 3.8) is 0 Å². The Bertz CT molecular complexity index is 485. The summed E-state index contributed by atoms with van der Waals surface area (Å²) in [6.45, 7) is 4.37. The summed E-state index contributed by atoms with van der Waals surface area (Å²) < 4.78 is 9.85. The quantitative estimate of drug-likeness (QED) is 0.608. The molecular formula is C15H21NO4. The minimum absolute atomic E-state index is 0.000267. The molecule has 1 atom stereocenters. The summed E-state index contributed by atoms with van der Waals surface area (Å²) in [7, 11) is 2.83. The predicted molar refractivity (Wildman–Crippen MR) is 76.2 cm³/mol. The smallest absolute Gasteiger partial charge is 0.307 e. The van der Waals surface area contributed by atoms with E-state index in [1.807, 2.05) is 19.9 Å². The van der Waals surface area contributed by atoms with Crippen molar-refractivity contribution in [1.82, 2.24) is 5.32 Å². The van der Waals surface area contributed by atoms with Gasteiger partial charge < -0.3 is 14.8 Å². The third-order valence-electron chi connectivity index (χ3n) is 2.99. The molecule has 5 nitrogen and oxygen atoms in total. The van der Waals surface area contributed by atoms with Crippen LogP contribution in [0.2, 0.25) is 0 Å². The van der Waals surface area contributed by atoms with Crippen molar-refractivity contribution >= 4 is 11.8 Å². The van der Waals surface area contributed by atoms with Gasteiger partial charge in [-0.3, -0.25) is 9.59 Å². The van der Waals surface area contributed by atoms with Crippen LogP contribution in [0.4, 0.5) is 0 Å². The van der Waals surface area contributed by atoms with Gasteiger partial charge in [0.25, 0.3) is 0 Å². The van der Waals surface area contributed by atoms with Crippen LogP contribution in [0.25, 0.3) is 0 Å². The lowest BCUT2D eigenvalue weighted by Gasteiger charge is -2.17. The average molecular weight is 279 g/mol. The second kappa shape index (κ2) is 7.65. The van der Waals surface area contributed by atoms with Crippen molar-refractivity contribution in [2.45, 2.75) is 26.3 Å². The predicted octanol–water partition coefficient (Wildman–Crippen LogP) is 1.73. The van der Waals surface area contributed by atoms with Gasteiger partial charge >= 0.3 is 5.97 Å². The van der Waals surface area contributed by atoms with Crippen LogP contribution in [-0.4, -0.2) is 38.6 Å². The first-order valence-electron chi connectivity index (χ1n) is 6.52. The van der Waals surface area contributed by atoms with Crippen LogP contribution in [-0.2, 0) is 9.53 Å². The Morgan fingerprint density at radius 1 is 1.30 bits per heavy atom. The number of nitrogens with one attached hydrogen (secondary N) is 1. The zero-order valence-corrected chi connectivity index (χ0v) is 12.4. The summed E-state index contributed by atoms with van der Waals surface area (Å²) in [6.07, 6.45) is 0.000267. The fourth-order valence-corrected chi connectivity index (χ4v) is 1.96. The van der Waals surface area contributed by atoms with Crippen molar-refractivity contribution in [3.8, 4) is 5.75 Å². The standard InChI is InChI=1S/C15H21NO4/c1-5-16-12(9-14(17)20-4)15(18)11-8-10(2)6-7-13(11)19-3/h6-8,12,16H,5,9H2,1-4H3. The molecule has 0 bridgehead atoms. The third-order valence-corrected chi connectivity index (χ3v) is 2.99. The topological polar surface area (TPSA) is 64.6 Å². The Kier molecular flexibility index (Phi) is 6.18. The Balaban J connectivity index is 3.05. The number of rotatable bonds is 7. The number of aryl methyl sites for hydroxylation is 1. The van der Waals surface area contributed by atoms with Crippen LogP contribution < -0.4 is 10.1 Å². The van der Waals surface area contributed by atoms with E-state index in [1.54, 1.807) is 12.1 Å². The summed E-state index contributed by atoms with van der Waals surface area (Å²) in [5.74, 6) is -0.0814. The maximum Gasteiger partial charge on any atom is 0.307 e. The number of esters is 1. The molecule has 0 saturated heterocycles. The van der Waals surface area contributed by atoms with Crippen LogP contribution in [0, 0.1) is 6.92 Å². The number of ketones is 1. The number of hydrogen-bond acceptors (Lipinski definition) is 5. The number of carbonyl (C=O) groups excluding carboxylic acids is 2. The van der Waals surface area contributed by atoms with Crippen LogP contribution in [0.3, 0.4) is 0 Å². The lowest BCUT2D eigenvalue weighted by atomic mass is 9.99. The highest BCUT2D eigenvalue weighted by Gasteiger charge is 2.25. The number of benzene rings is 1. The Labute approximate surface area is 119 Å². The van der Waals surface area contributed by atoms with E-state index in [0.717, 1.165) is 5.56 Å². The molecule has 0 heterocycles. The van der Waals surface area contributed by atoms with Crippen LogP contribution in [0.5, 0.6) is 5.75 Å². The Hall–Kier alpha value is -1.88. The maximum atomic E-state index is 12.6. The summed E-state index contributed by atoms with van der Waals surface area (Å²) in [5.41, 5.74) is 1.44. The zero-order chi connectivity index (χ0) is 15.1. The second-order valence-electron chi connectivity index (χ2n) is 4.46. The van der Waals surface area contributed by atoms with Gasteiger partial charge in [-0.15, -0.1) is 0 Å². The highest BCUT2D eigenvalue weighted by atomic mass is 16.5. The second-order valence-corrected chi connectivity index (χ2v) is 4.46. The van der Waals surface area contributed by atoms with Crippen molar-refractivity contribution in [1.29, 1.82) is 0 Å². The van der Waals surface area contributed by atoms with Gasteiger partial charge in [-0.2, -0.15) is 0 Å². The third kappa shape index (κ3) is 4.06. The average Bonchev–Trinajstić information content (AvgIpc) is 2.45. The highest BCUT2D eigenvalue weighted by molar-refractivity contribution is 6.04. The number of hydrogen-bond donors (Lipinski definition) is 1. The number of likely N-dealkylation sites (N-methyl/N-ethyl adjacent to an activating group) is 1. The monoisotopic (exact) mass is 279 g/mol. The van der Waals surface area contributed by atoms with Gasteiger partial charge in [0.2, 0.25) is 0 Å². The molecule has 0 fully saturated rings.